The topological polar surface area (TPSA) is 97.5 Å². The molecule has 2 aromatic carbocycles. The van der Waals surface area contributed by atoms with E-state index in [1.165, 1.54) is 0 Å². The molecule has 2 aromatic rings. The molecule has 1 aliphatic rings. The van der Waals surface area contributed by atoms with Crippen LogP contribution >= 0.6 is 0 Å². The molecule has 0 saturated carbocycles. The Kier molecular flexibility index (Phi) is 3.84. The number of rotatable bonds is 0. The summed E-state index contributed by atoms with van der Waals surface area (Å²) in [7, 11) is 0. The summed E-state index contributed by atoms with van der Waals surface area (Å²) in [5.41, 5.74) is 7.75. The molecule has 21 heavy (non-hydrogen) atoms. The first kappa shape index (κ1) is 14.5. The summed E-state index contributed by atoms with van der Waals surface area (Å²) in [5, 5.41) is 7.42. The molecule has 1 aliphatic carbocycles. The van der Waals surface area contributed by atoms with E-state index in [1.807, 2.05) is 0 Å². The zero-order valence-corrected chi connectivity index (χ0v) is 11.3. The average molecular weight is 283 g/mol. The molecule has 0 spiro atoms. The summed E-state index contributed by atoms with van der Waals surface area (Å²) in [4.78, 5) is 33.4. The molecule has 0 bridgehead atoms. The lowest BCUT2D eigenvalue weighted by atomic mass is 9.83. The Hall–Kier alpha value is -2.95. The molecule has 0 amide bonds. The minimum Gasteiger partial charge on any atom is -0.481 e. The zero-order valence-electron chi connectivity index (χ0n) is 11.3. The van der Waals surface area contributed by atoms with Gasteiger partial charge in [0.05, 0.1) is 5.56 Å². The lowest BCUT2D eigenvalue weighted by Crippen LogP contribution is -2.22. The maximum Gasteiger partial charge on any atom is 0.300 e. The zero-order chi connectivity index (χ0) is 15.6. The summed E-state index contributed by atoms with van der Waals surface area (Å²) >= 11 is 0. The number of nitrogens with two attached hydrogens (primary N) is 1. The number of ketones is 2. The molecule has 0 unspecified atom stereocenters. The van der Waals surface area contributed by atoms with Crippen molar-refractivity contribution < 1.29 is 19.5 Å². The SMILES string of the molecule is CC(=O)O.Nc1cccc2c1C(=O)c1ccccc1C2=O. The van der Waals surface area contributed by atoms with E-state index in [0.717, 1.165) is 6.92 Å². The van der Waals surface area contributed by atoms with E-state index in [4.69, 9.17) is 15.6 Å². The minimum absolute atomic E-state index is 0.137. The first-order chi connectivity index (χ1) is 9.93. The molecule has 5 heteroatoms. The van der Waals surface area contributed by atoms with Crippen molar-refractivity contribution in [2.75, 3.05) is 5.73 Å². The van der Waals surface area contributed by atoms with Crippen molar-refractivity contribution in [1.82, 2.24) is 0 Å². The van der Waals surface area contributed by atoms with Crippen LogP contribution in [0.5, 0.6) is 0 Å². The fourth-order valence-corrected chi connectivity index (χ4v) is 2.17. The summed E-state index contributed by atoms with van der Waals surface area (Å²) < 4.78 is 0. The van der Waals surface area contributed by atoms with Gasteiger partial charge in [0, 0.05) is 29.3 Å². The molecule has 0 atom stereocenters. The van der Waals surface area contributed by atoms with Crippen LogP contribution in [-0.4, -0.2) is 22.6 Å². The van der Waals surface area contributed by atoms with E-state index in [-0.39, 0.29) is 11.6 Å². The second kappa shape index (κ2) is 5.58. The highest BCUT2D eigenvalue weighted by molar-refractivity contribution is 6.29. The van der Waals surface area contributed by atoms with Gasteiger partial charge in [0.15, 0.2) is 11.6 Å². The van der Waals surface area contributed by atoms with E-state index in [9.17, 15) is 9.59 Å². The first-order valence-electron chi connectivity index (χ1n) is 6.20. The molecule has 0 aromatic heterocycles. The number of anilines is 1. The van der Waals surface area contributed by atoms with Crippen LogP contribution in [0.2, 0.25) is 0 Å². The van der Waals surface area contributed by atoms with Crippen LogP contribution in [0.3, 0.4) is 0 Å². The molecule has 106 valence electrons. The van der Waals surface area contributed by atoms with Crippen molar-refractivity contribution in [3.8, 4) is 0 Å². The number of carbonyl (C=O) groups excluding carboxylic acids is 2. The van der Waals surface area contributed by atoms with Crippen LogP contribution < -0.4 is 5.73 Å². The van der Waals surface area contributed by atoms with Crippen LogP contribution in [-0.2, 0) is 4.79 Å². The Morgan fingerprint density at radius 2 is 1.38 bits per heavy atom. The fraction of sp³-hybridized carbons (Fsp3) is 0.0625. The number of carboxylic acid groups (broad SMARTS) is 1. The number of carbonyl (C=O) groups is 3. The highest BCUT2D eigenvalue weighted by atomic mass is 16.4. The molecule has 0 aliphatic heterocycles. The second-order valence-corrected chi connectivity index (χ2v) is 4.49. The lowest BCUT2D eigenvalue weighted by molar-refractivity contribution is -0.134. The number of benzene rings is 2. The monoisotopic (exact) mass is 283 g/mol. The second-order valence-electron chi connectivity index (χ2n) is 4.49. The summed E-state index contributed by atoms with van der Waals surface area (Å²) in [6.07, 6.45) is 0. The molecule has 0 fully saturated rings. The van der Waals surface area contributed by atoms with Gasteiger partial charge in [-0.2, -0.15) is 0 Å². The Morgan fingerprint density at radius 1 is 0.905 bits per heavy atom. The Balaban J connectivity index is 0.000000361. The minimum atomic E-state index is -0.833. The molecule has 0 radical (unpaired) electrons. The van der Waals surface area contributed by atoms with Gasteiger partial charge < -0.3 is 10.8 Å². The number of hydrogen-bond acceptors (Lipinski definition) is 4. The standard InChI is InChI=1S/C14H9NO2.C2H4O2/c15-11-7-3-6-10-12(11)14(17)9-5-2-1-4-8(9)13(10)16;1-2(3)4/h1-7H,15H2;1H3,(H,3,4). The third-order valence-electron chi connectivity index (χ3n) is 2.98. The summed E-state index contributed by atoms with van der Waals surface area (Å²) in [6.45, 7) is 1.08. The van der Waals surface area contributed by atoms with Crippen LogP contribution in [0.4, 0.5) is 5.69 Å². The smallest absolute Gasteiger partial charge is 0.300 e. The number of hydrogen-bond donors (Lipinski definition) is 2. The maximum atomic E-state index is 12.2. The fourth-order valence-electron chi connectivity index (χ4n) is 2.17. The molecule has 0 heterocycles. The maximum absolute atomic E-state index is 12.2. The van der Waals surface area contributed by atoms with Gasteiger partial charge in [-0.05, 0) is 6.07 Å². The number of nitrogen functional groups attached to an aromatic ring is 1. The predicted molar refractivity (Wildman–Crippen MR) is 77.5 cm³/mol. The molecule has 5 nitrogen and oxygen atoms in total. The highest BCUT2D eigenvalue weighted by Gasteiger charge is 2.30. The van der Waals surface area contributed by atoms with Crippen molar-refractivity contribution >= 4 is 23.2 Å². The highest BCUT2D eigenvalue weighted by Crippen LogP contribution is 2.30. The lowest BCUT2D eigenvalue weighted by Gasteiger charge is -2.18. The number of aliphatic carboxylic acids is 1. The Bertz CT molecular complexity index is 746. The number of fused-ring (bicyclic) bond motifs is 2. The van der Waals surface area contributed by atoms with Gasteiger partial charge in [-0.15, -0.1) is 0 Å². The van der Waals surface area contributed by atoms with Crippen molar-refractivity contribution in [1.29, 1.82) is 0 Å². The molecule has 3 N–H and O–H groups in total. The van der Waals surface area contributed by atoms with Crippen LogP contribution in [0.15, 0.2) is 42.5 Å². The largest absolute Gasteiger partial charge is 0.481 e. The molecule has 3 rings (SSSR count). The Labute approximate surface area is 121 Å². The average Bonchev–Trinajstić information content (AvgIpc) is 2.44. The third-order valence-corrected chi connectivity index (χ3v) is 2.98. The third kappa shape index (κ3) is 2.67. The first-order valence-corrected chi connectivity index (χ1v) is 6.20. The molecular weight excluding hydrogens is 270 g/mol. The van der Waals surface area contributed by atoms with Crippen molar-refractivity contribution in [2.24, 2.45) is 0 Å². The van der Waals surface area contributed by atoms with Gasteiger partial charge in [-0.3, -0.25) is 14.4 Å². The summed E-state index contributed by atoms with van der Waals surface area (Å²) in [6, 6.07) is 11.8. The van der Waals surface area contributed by atoms with E-state index in [0.29, 0.717) is 27.9 Å². The van der Waals surface area contributed by atoms with Gasteiger partial charge in [0.25, 0.3) is 5.97 Å². The van der Waals surface area contributed by atoms with Crippen LogP contribution in [0, 0.1) is 0 Å². The van der Waals surface area contributed by atoms with Gasteiger partial charge in [-0.25, -0.2) is 0 Å². The van der Waals surface area contributed by atoms with Gasteiger partial charge in [0.1, 0.15) is 0 Å². The molecular formula is C16H13NO4. The van der Waals surface area contributed by atoms with E-state index < -0.39 is 5.97 Å². The van der Waals surface area contributed by atoms with Crippen LogP contribution in [0.25, 0.3) is 0 Å². The molecule has 0 saturated heterocycles. The van der Waals surface area contributed by atoms with E-state index in [2.05, 4.69) is 0 Å². The summed E-state index contributed by atoms with van der Waals surface area (Å²) in [5.74, 6) is -1.14. The van der Waals surface area contributed by atoms with Gasteiger partial charge in [0.2, 0.25) is 0 Å². The van der Waals surface area contributed by atoms with Crippen molar-refractivity contribution in [2.45, 2.75) is 6.92 Å². The van der Waals surface area contributed by atoms with E-state index in [1.54, 1.807) is 42.5 Å². The van der Waals surface area contributed by atoms with Crippen molar-refractivity contribution in [3.05, 3.63) is 64.7 Å². The van der Waals surface area contributed by atoms with Crippen LogP contribution in [0.1, 0.15) is 38.8 Å². The predicted octanol–water partition coefficient (Wildman–Crippen LogP) is 2.14. The quantitative estimate of drug-likeness (QED) is 0.616. The van der Waals surface area contributed by atoms with Crippen molar-refractivity contribution in [3.63, 3.8) is 0 Å². The normalized spacial score (nSPS) is 11.9. The van der Waals surface area contributed by atoms with Gasteiger partial charge >= 0.3 is 0 Å². The van der Waals surface area contributed by atoms with Gasteiger partial charge in [-0.1, -0.05) is 36.4 Å². The number of carboxylic acids is 1. The Morgan fingerprint density at radius 3 is 1.95 bits per heavy atom. The van der Waals surface area contributed by atoms with E-state index >= 15 is 0 Å².